The largest absolute Gasteiger partial charge is 0.497 e. The molecule has 2 aromatic carbocycles. The third-order valence-corrected chi connectivity index (χ3v) is 7.83. The van der Waals surface area contributed by atoms with Crippen molar-refractivity contribution >= 4 is 45.0 Å². The Kier molecular flexibility index (Phi) is 8.28. The van der Waals surface area contributed by atoms with E-state index in [2.05, 4.69) is 72.7 Å². The van der Waals surface area contributed by atoms with Gasteiger partial charge >= 0.3 is 5.97 Å². The van der Waals surface area contributed by atoms with Gasteiger partial charge in [-0.3, -0.25) is 4.79 Å². The normalized spacial score (nSPS) is 14.0. The third-order valence-electron chi connectivity index (χ3n) is 6.89. The average molecular weight is 556 g/mol. The van der Waals surface area contributed by atoms with Gasteiger partial charge in [0, 0.05) is 36.0 Å². The number of carbonyl (C=O) groups excluding carboxylic acids is 1. The number of aromatic nitrogens is 2. The molecule has 0 aliphatic carbocycles. The van der Waals surface area contributed by atoms with Crippen LogP contribution in [0.3, 0.4) is 0 Å². The van der Waals surface area contributed by atoms with Crippen molar-refractivity contribution in [2.75, 3.05) is 45.9 Å². The van der Waals surface area contributed by atoms with Crippen LogP contribution in [0, 0.1) is 0 Å². The van der Waals surface area contributed by atoms with Crippen LogP contribution < -0.4 is 9.64 Å². The van der Waals surface area contributed by atoms with E-state index in [-0.39, 0.29) is 5.97 Å². The maximum Gasteiger partial charge on any atom is 0.305 e. The number of ether oxygens (including phenoxy) is 2. The second-order valence-corrected chi connectivity index (χ2v) is 11.5. The van der Waals surface area contributed by atoms with Crippen molar-refractivity contribution in [2.24, 2.45) is 0 Å². The fraction of sp³-hybridized carbons (Fsp3) is 0.281. The Hall–Kier alpha value is -4.01. The molecule has 0 amide bonds. The van der Waals surface area contributed by atoms with Gasteiger partial charge in [-0.1, -0.05) is 30.3 Å². The molecule has 2 aromatic heterocycles. The number of hydrogen-bond acceptors (Lipinski definition) is 7. The van der Waals surface area contributed by atoms with E-state index < -0.39 is 0 Å². The quantitative estimate of drug-likeness (QED) is 0.162. The zero-order chi connectivity index (χ0) is 28.1. The molecule has 0 fully saturated rings. The molecule has 4 aromatic rings. The number of anilines is 1. The molecule has 0 spiro atoms. The topological polar surface area (TPSA) is 64.5 Å². The summed E-state index contributed by atoms with van der Waals surface area (Å²) in [6.07, 6.45) is 9.50. The summed E-state index contributed by atoms with van der Waals surface area (Å²) in [5.41, 5.74) is 6.27. The highest BCUT2D eigenvalue weighted by Gasteiger charge is 2.25. The van der Waals surface area contributed by atoms with E-state index >= 15 is 0 Å². The molecule has 5 rings (SSSR count). The fourth-order valence-corrected chi connectivity index (χ4v) is 5.82. The van der Waals surface area contributed by atoms with Gasteiger partial charge in [-0.05, 0) is 48.4 Å². The summed E-state index contributed by atoms with van der Waals surface area (Å²) in [6, 6.07) is 18.6. The molecule has 0 radical (unpaired) electrons. The number of rotatable bonds is 10. The van der Waals surface area contributed by atoms with Crippen molar-refractivity contribution in [3.8, 4) is 16.9 Å². The van der Waals surface area contributed by atoms with E-state index in [1.165, 1.54) is 0 Å². The van der Waals surface area contributed by atoms with Crippen LogP contribution in [0.25, 0.3) is 33.1 Å². The SMILES string of the molecule is CCOC(=O)CCC[N+](C)(C)CN1C=CC(=Cc2nc3ncc(-c4ccccc4)cc3s2)c2ccc(OC)cc21. The number of quaternary nitrogens is 1. The minimum absolute atomic E-state index is 0.133. The van der Waals surface area contributed by atoms with Crippen molar-refractivity contribution < 1.29 is 18.8 Å². The number of benzene rings is 2. The number of hydrogen-bond donors (Lipinski definition) is 0. The van der Waals surface area contributed by atoms with E-state index in [4.69, 9.17) is 14.5 Å². The number of pyridine rings is 1. The first-order chi connectivity index (χ1) is 19.3. The third kappa shape index (κ3) is 6.41. The van der Waals surface area contributed by atoms with Crippen LogP contribution in [-0.2, 0) is 9.53 Å². The predicted octanol–water partition coefficient (Wildman–Crippen LogP) is 6.62. The van der Waals surface area contributed by atoms with E-state index in [1.807, 2.05) is 37.4 Å². The molecule has 3 heterocycles. The molecule has 8 heteroatoms. The van der Waals surface area contributed by atoms with Crippen LogP contribution >= 0.6 is 11.3 Å². The Balaban J connectivity index is 1.39. The van der Waals surface area contributed by atoms with Gasteiger partial charge in [-0.2, -0.15) is 0 Å². The first kappa shape index (κ1) is 27.6. The summed E-state index contributed by atoms with van der Waals surface area (Å²) < 4.78 is 12.4. The number of fused-ring (bicyclic) bond motifs is 2. The average Bonchev–Trinajstić information content (AvgIpc) is 3.36. The van der Waals surface area contributed by atoms with Crippen LogP contribution in [-0.4, -0.2) is 61.4 Å². The molecule has 206 valence electrons. The van der Waals surface area contributed by atoms with E-state index in [0.29, 0.717) is 13.0 Å². The van der Waals surface area contributed by atoms with Crippen molar-refractivity contribution in [1.29, 1.82) is 0 Å². The standard InChI is InChI=1S/C32H35N4O3S/c1-5-39-31(37)12-9-17-36(2,3)22-35-16-15-24(27-14-13-26(38-4)20-28(27)35)19-30-34-32-29(40-30)18-25(21-33-32)23-10-7-6-8-11-23/h6-8,10-11,13-16,18-21H,5,9,12,17,22H2,1-4H3/q+1. The lowest BCUT2D eigenvalue weighted by molar-refractivity contribution is -0.889. The predicted molar refractivity (Wildman–Crippen MR) is 163 cm³/mol. The fourth-order valence-electron chi connectivity index (χ4n) is 4.90. The monoisotopic (exact) mass is 555 g/mol. The molecular weight excluding hydrogens is 520 g/mol. The zero-order valence-electron chi connectivity index (χ0n) is 23.5. The lowest BCUT2D eigenvalue weighted by Crippen LogP contribution is -2.48. The maximum absolute atomic E-state index is 11.8. The van der Waals surface area contributed by atoms with Gasteiger partial charge < -0.3 is 18.9 Å². The number of allylic oxidation sites excluding steroid dienone is 2. The van der Waals surface area contributed by atoms with Crippen molar-refractivity contribution in [1.82, 2.24) is 9.97 Å². The highest BCUT2D eigenvalue weighted by molar-refractivity contribution is 7.19. The maximum atomic E-state index is 11.8. The highest BCUT2D eigenvalue weighted by atomic mass is 32.1. The molecule has 1 aliphatic rings. The van der Waals surface area contributed by atoms with Gasteiger partial charge in [0.1, 0.15) is 10.8 Å². The summed E-state index contributed by atoms with van der Waals surface area (Å²) in [6.45, 7) is 3.87. The Bertz CT molecular complexity index is 1560. The second kappa shape index (κ2) is 12.0. The van der Waals surface area contributed by atoms with Crippen molar-refractivity contribution in [3.63, 3.8) is 0 Å². The second-order valence-electron chi connectivity index (χ2n) is 10.4. The molecule has 0 unspecified atom stereocenters. The van der Waals surface area contributed by atoms with Crippen LogP contribution in [0.4, 0.5) is 5.69 Å². The molecule has 0 N–H and O–H groups in total. The summed E-state index contributed by atoms with van der Waals surface area (Å²) in [4.78, 5) is 23.5. The number of carbonyl (C=O) groups is 1. The molecule has 1 aliphatic heterocycles. The zero-order valence-corrected chi connectivity index (χ0v) is 24.3. The molecule has 0 bridgehead atoms. The van der Waals surface area contributed by atoms with Gasteiger partial charge in [0.15, 0.2) is 12.3 Å². The van der Waals surface area contributed by atoms with E-state index in [9.17, 15) is 4.79 Å². The highest BCUT2D eigenvalue weighted by Crippen LogP contribution is 2.38. The Morgan fingerprint density at radius 2 is 1.93 bits per heavy atom. The molecule has 0 saturated carbocycles. The molecule has 0 saturated heterocycles. The van der Waals surface area contributed by atoms with Crippen LogP contribution in [0.1, 0.15) is 30.3 Å². The summed E-state index contributed by atoms with van der Waals surface area (Å²) in [7, 11) is 6.05. The van der Waals surface area contributed by atoms with E-state index in [0.717, 1.165) is 73.2 Å². The molecule has 40 heavy (non-hydrogen) atoms. The minimum atomic E-state index is -0.133. The van der Waals surface area contributed by atoms with Crippen LogP contribution in [0.15, 0.2) is 73.1 Å². The number of methoxy groups -OCH3 is 1. The minimum Gasteiger partial charge on any atom is -0.497 e. The first-order valence-corrected chi connectivity index (χ1v) is 14.3. The number of thiazole rings is 1. The smallest absolute Gasteiger partial charge is 0.305 e. The number of esters is 1. The van der Waals surface area contributed by atoms with Gasteiger partial charge in [0.25, 0.3) is 0 Å². The Morgan fingerprint density at radius 1 is 1.10 bits per heavy atom. The molecule has 0 atom stereocenters. The Morgan fingerprint density at radius 3 is 2.70 bits per heavy atom. The lowest BCUT2D eigenvalue weighted by atomic mass is 9.99. The van der Waals surface area contributed by atoms with E-state index in [1.54, 1.807) is 18.4 Å². The van der Waals surface area contributed by atoms with Crippen molar-refractivity contribution in [2.45, 2.75) is 19.8 Å². The summed E-state index contributed by atoms with van der Waals surface area (Å²) in [5.74, 6) is 0.676. The molecular formula is C32H35N4O3S+. The van der Waals surface area contributed by atoms with Gasteiger partial charge in [-0.25, -0.2) is 9.97 Å². The molecule has 7 nitrogen and oxygen atoms in total. The summed E-state index contributed by atoms with van der Waals surface area (Å²) in [5, 5.41) is 0.914. The van der Waals surface area contributed by atoms with Crippen molar-refractivity contribution in [3.05, 3.63) is 83.6 Å². The van der Waals surface area contributed by atoms with Gasteiger partial charge in [0.05, 0.1) is 51.2 Å². The first-order valence-electron chi connectivity index (χ1n) is 13.5. The van der Waals surface area contributed by atoms with Crippen LogP contribution in [0.5, 0.6) is 5.75 Å². The summed E-state index contributed by atoms with van der Waals surface area (Å²) >= 11 is 1.64. The van der Waals surface area contributed by atoms with Gasteiger partial charge in [-0.15, -0.1) is 11.3 Å². The van der Waals surface area contributed by atoms with Gasteiger partial charge in [0.2, 0.25) is 0 Å². The van der Waals surface area contributed by atoms with Crippen LogP contribution in [0.2, 0.25) is 0 Å². The lowest BCUT2D eigenvalue weighted by Gasteiger charge is -2.37. The number of nitrogens with zero attached hydrogens (tertiary/aromatic N) is 4. The Labute approximate surface area is 239 Å².